The smallest absolute Gasteiger partial charge is 0.0691 e. The molecule has 0 saturated carbocycles. The summed E-state index contributed by atoms with van der Waals surface area (Å²) in [5.41, 5.74) is 2.37. The zero-order chi connectivity index (χ0) is 12.8. The van der Waals surface area contributed by atoms with E-state index >= 15 is 0 Å². The van der Waals surface area contributed by atoms with Gasteiger partial charge in [0.15, 0.2) is 0 Å². The average molecular weight is 246 g/mol. The largest absolute Gasteiger partial charge is 0.390 e. The highest BCUT2D eigenvalue weighted by Gasteiger charge is 2.30. The van der Waals surface area contributed by atoms with Crippen LogP contribution < -0.4 is 0 Å². The highest BCUT2D eigenvalue weighted by atomic mass is 16.3. The molecule has 0 aromatic heterocycles. The van der Waals surface area contributed by atoms with Crippen molar-refractivity contribution in [3.8, 4) is 0 Å². The summed E-state index contributed by atoms with van der Waals surface area (Å²) in [6, 6.07) is 8.58. The van der Waals surface area contributed by atoms with E-state index in [1.165, 1.54) is 43.2 Å². The van der Waals surface area contributed by atoms with Gasteiger partial charge >= 0.3 is 0 Å². The summed E-state index contributed by atoms with van der Waals surface area (Å²) >= 11 is 0. The minimum absolute atomic E-state index is 0.430. The van der Waals surface area contributed by atoms with Gasteiger partial charge in [-0.25, -0.2) is 0 Å². The first-order valence-electron chi connectivity index (χ1n) is 7.53. The first-order chi connectivity index (χ1) is 8.73. The molecule has 0 fully saturated rings. The van der Waals surface area contributed by atoms with Crippen molar-refractivity contribution in [2.45, 2.75) is 70.3 Å². The number of aliphatic hydroxyl groups is 1. The van der Waals surface area contributed by atoms with Crippen LogP contribution in [0, 0.1) is 0 Å². The Bertz CT molecular complexity index is 372. The van der Waals surface area contributed by atoms with Crippen LogP contribution in [0.3, 0.4) is 0 Å². The SMILES string of the molecule is CCCCCCCC1(O)CCc2ccccc2C1. The fourth-order valence-electron chi connectivity index (χ4n) is 3.06. The lowest BCUT2D eigenvalue weighted by atomic mass is 9.78. The predicted molar refractivity (Wildman–Crippen MR) is 76.8 cm³/mol. The standard InChI is InChI=1S/C17H26O/c1-2-3-4-5-8-12-17(18)13-11-15-9-6-7-10-16(15)14-17/h6-7,9-10,18H,2-5,8,11-14H2,1H3. The molecule has 0 spiro atoms. The molecule has 18 heavy (non-hydrogen) atoms. The van der Waals surface area contributed by atoms with Gasteiger partial charge in [0.2, 0.25) is 0 Å². The summed E-state index contributed by atoms with van der Waals surface area (Å²) in [6.45, 7) is 2.24. The van der Waals surface area contributed by atoms with E-state index < -0.39 is 5.60 Å². The highest BCUT2D eigenvalue weighted by molar-refractivity contribution is 5.31. The monoisotopic (exact) mass is 246 g/mol. The van der Waals surface area contributed by atoms with Crippen molar-refractivity contribution in [3.05, 3.63) is 35.4 Å². The van der Waals surface area contributed by atoms with Gasteiger partial charge in [0.1, 0.15) is 0 Å². The van der Waals surface area contributed by atoms with Crippen LogP contribution in [0.5, 0.6) is 0 Å². The average Bonchev–Trinajstić information content (AvgIpc) is 2.38. The van der Waals surface area contributed by atoms with E-state index in [-0.39, 0.29) is 0 Å². The maximum absolute atomic E-state index is 10.7. The van der Waals surface area contributed by atoms with Gasteiger partial charge in [-0.2, -0.15) is 0 Å². The van der Waals surface area contributed by atoms with Gasteiger partial charge in [-0.15, -0.1) is 0 Å². The molecule has 1 aromatic carbocycles. The molecule has 1 heteroatoms. The molecule has 1 unspecified atom stereocenters. The molecule has 1 atom stereocenters. The maximum Gasteiger partial charge on any atom is 0.0691 e. The van der Waals surface area contributed by atoms with Gasteiger partial charge in [-0.3, -0.25) is 0 Å². The first-order valence-corrected chi connectivity index (χ1v) is 7.53. The molecular weight excluding hydrogens is 220 g/mol. The summed E-state index contributed by atoms with van der Waals surface area (Å²) < 4.78 is 0. The summed E-state index contributed by atoms with van der Waals surface area (Å²) in [5.74, 6) is 0. The molecule has 0 saturated heterocycles. The molecule has 0 bridgehead atoms. The van der Waals surface area contributed by atoms with E-state index in [2.05, 4.69) is 31.2 Å². The Morgan fingerprint density at radius 1 is 1.06 bits per heavy atom. The molecule has 1 aliphatic carbocycles. The number of benzene rings is 1. The number of unbranched alkanes of at least 4 members (excludes halogenated alkanes) is 4. The molecule has 100 valence electrons. The molecule has 0 radical (unpaired) electrons. The third kappa shape index (κ3) is 3.58. The van der Waals surface area contributed by atoms with Crippen LogP contribution in [0.2, 0.25) is 0 Å². The Morgan fingerprint density at radius 2 is 1.78 bits per heavy atom. The van der Waals surface area contributed by atoms with Gasteiger partial charge in [0.05, 0.1) is 5.60 Å². The second-order valence-corrected chi connectivity index (χ2v) is 5.83. The predicted octanol–water partition coefficient (Wildman–Crippen LogP) is 4.27. The van der Waals surface area contributed by atoms with Crippen LogP contribution in [0.25, 0.3) is 0 Å². The summed E-state index contributed by atoms with van der Waals surface area (Å²) in [4.78, 5) is 0. The van der Waals surface area contributed by atoms with Gasteiger partial charge < -0.3 is 5.11 Å². The Balaban J connectivity index is 1.82. The zero-order valence-corrected chi connectivity index (χ0v) is 11.6. The van der Waals surface area contributed by atoms with Crippen molar-refractivity contribution in [3.63, 3.8) is 0 Å². The molecule has 1 N–H and O–H groups in total. The van der Waals surface area contributed by atoms with E-state index in [0.29, 0.717) is 0 Å². The van der Waals surface area contributed by atoms with E-state index in [1.807, 2.05) is 0 Å². The van der Waals surface area contributed by atoms with Gasteiger partial charge in [0.25, 0.3) is 0 Å². The highest BCUT2D eigenvalue weighted by Crippen LogP contribution is 2.32. The van der Waals surface area contributed by atoms with E-state index in [9.17, 15) is 5.11 Å². The van der Waals surface area contributed by atoms with Crippen LogP contribution in [-0.4, -0.2) is 10.7 Å². The van der Waals surface area contributed by atoms with Crippen LogP contribution in [0.15, 0.2) is 24.3 Å². The van der Waals surface area contributed by atoms with Crippen molar-refractivity contribution in [1.82, 2.24) is 0 Å². The quantitative estimate of drug-likeness (QED) is 0.743. The lowest BCUT2D eigenvalue weighted by Crippen LogP contribution is -2.35. The van der Waals surface area contributed by atoms with E-state index in [1.54, 1.807) is 0 Å². The van der Waals surface area contributed by atoms with Crippen molar-refractivity contribution in [2.24, 2.45) is 0 Å². The van der Waals surface area contributed by atoms with Gasteiger partial charge in [0, 0.05) is 6.42 Å². The third-order valence-electron chi connectivity index (χ3n) is 4.24. The second-order valence-electron chi connectivity index (χ2n) is 5.83. The number of hydrogen-bond acceptors (Lipinski definition) is 1. The Hall–Kier alpha value is -0.820. The fourth-order valence-corrected chi connectivity index (χ4v) is 3.06. The normalized spacial score (nSPS) is 22.8. The minimum atomic E-state index is -0.430. The summed E-state index contributed by atoms with van der Waals surface area (Å²) in [7, 11) is 0. The van der Waals surface area contributed by atoms with Crippen LogP contribution >= 0.6 is 0 Å². The Morgan fingerprint density at radius 3 is 2.56 bits per heavy atom. The fraction of sp³-hybridized carbons (Fsp3) is 0.647. The third-order valence-corrected chi connectivity index (χ3v) is 4.24. The first kappa shape index (κ1) is 13.6. The van der Waals surface area contributed by atoms with Crippen molar-refractivity contribution in [2.75, 3.05) is 0 Å². The van der Waals surface area contributed by atoms with Gasteiger partial charge in [-0.1, -0.05) is 63.3 Å². The van der Waals surface area contributed by atoms with Crippen molar-refractivity contribution in [1.29, 1.82) is 0 Å². The molecule has 1 aromatic rings. The maximum atomic E-state index is 10.7. The zero-order valence-electron chi connectivity index (χ0n) is 11.6. The van der Waals surface area contributed by atoms with Crippen molar-refractivity contribution >= 4 is 0 Å². The number of rotatable bonds is 6. The van der Waals surface area contributed by atoms with Gasteiger partial charge in [-0.05, 0) is 30.4 Å². The second kappa shape index (κ2) is 6.38. The summed E-state index contributed by atoms with van der Waals surface area (Å²) in [5, 5.41) is 10.7. The van der Waals surface area contributed by atoms with E-state index in [4.69, 9.17) is 0 Å². The van der Waals surface area contributed by atoms with Crippen LogP contribution in [0.1, 0.15) is 63.0 Å². The molecule has 2 rings (SSSR count). The molecule has 0 heterocycles. The number of aryl methyl sites for hydroxylation is 1. The molecular formula is C17H26O. The lowest BCUT2D eigenvalue weighted by molar-refractivity contribution is 0.0154. The Kier molecular flexibility index (Phi) is 4.82. The molecule has 1 nitrogen and oxygen atoms in total. The number of hydrogen-bond donors (Lipinski definition) is 1. The summed E-state index contributed by atoms with van der Waals surface area (Å²) in [6.07, 6.45) is 10.2. The molecule has 1 aliphatic rings. The topological polar surface area (TPSA) is 20.2 Å². The minimum Gasteiger partial charge on any atom is -0.390 e. The van der Waals surface area contributed by atoms with Crippen molar-refractivity contribution < 1.29 is 5.11 Å². The lowest BCUT2D eigenvalue weighted by Gasteiger charge is -2.33. The number of fused-ring (bicyclic) bond motifs is 1. The molecule has 0 aliphatic heterocycles. The van der Waals surface area contributed by atoms with Crippen LogP contribution in [0.4, 0.5) is 0 Å². The Labute approximate surface area is 111 Å². The van der Waals surface area contributed by atoms with E-state index in [0.717, 1.165) is 25.7 Å². The van der Waals surface area contributed by atoms with Crippen LogP contribution in [-0.2, 0) is 12.8 Å². The molecule has 0 amide bonds.